The van der Waals surface area contributed by atoms with Crippen LogP contribution in [0.1, 0.15) is 11.9 Å². The summed E-state index contributed by atoms with van der Waals surface area (Å²) in [5, 5.41) is 11.4. The van der Waals surface area contributed by atoms with Crippen LogP contribution in [-0.4, -0.2) is 44.2 Å². The molecule has 1 aliphatic heterocycles. The molecule has 1 aliphatic rings. The lowest BCUT2D eigenvalue weighted by atomic mass is 10.1. The number of aryl methyl sites for hydroxylation is 1. The first-order valence-corrected chi connectivity index (χ1v) is 7.85. The molecule has 0 bridgehead atoms. The monoisotopic (exact) mass is 340 g/mol. The molecule has 0 saturated carbocycles. The molecule has 4 rings (SSSR count). The predicted octanol–water partition coefficient (Wildman–Crippen LogP) is 1.05. The number of ether oxygens (including phenoxy) is 1. The van der Waals surface area contributed by atoms with Crippen molar-refractivity contribution in [3.63, 3.8) is 0 Å². The predicted molar refractivity (Wildman–Crippen MR) is 88.0 cm³/mol. The number of nitrogens with one attached hydrogen (secondary N) is 1. The van der Waals surface area contributed by atoms with E-state index in [2.05, 4.69) is 25.5 Å². The third kappa shape index (κ3) is 3.13. The van der Waals surface area contributed by atoms with Gasteiger partial charge in [-0.2, -0.15) is 10.1 Å². The van der Waals surface area contributed by atoms with Crippen LogP contribution in [0.4, 0.5) is 6.01 Å². The van der Waals surface area contributed by atoms with Crippen LogP contribution in [0, 0.1) is 6.92 Å². The third-order valence-electron chi connectivity index (χ3n) is 4.00. The molecule has 1 N–H and O–H groups in total. The summed E-state index contributed by atoms with van der Waals surface area (Å²) >= 11 is 0. The zero-order chi connectivity index (χ0) is 17.2. The average molecular weight is 340 g/mol. The first kappa shape index (κ1) is 15.5. The zero-order valence-electron chi connectivity index (χ0n) is 13.5. The molecule has 0 aliphatic carbocycles. The minimum atomic E-state index is -0.276. The molecule has 25 heavy (non-hydrogen) atoms. The molecular weight excluding hydrogens is 324 g/mol. The van der Waals surface area contributed by atoms with Gasteiger partial charge in [0.15, 0.2) is 5.82 Å². The molecule has 9 nitrogen and oxygen atoms in total. The molecule has 2 unspecified atom stereocenters. The second-order valence-electron chi connectivity index (χ2n) is 5.74. The van der Waals surface area contributed by atoms with Crippen LogP contribution in [0.3, 0.4) is 0 Å². The lowest BCUT2D eigenvalue weighted by molar-refractivity contribution is 0.182. The van der Waals surface area contributed by atoms with Crippen molar-refractivity contribution in [2.24, 2.45) is 0 Å². The molecule has 9 heteroatoms. The van der Waals surface area contributed by atoms with E-state index in [9.17, 15) is 4.79 Å². The second kappa shape index (κ2) is 6.44. The minimum absolute atomic E-state index is 0.193. The molecule has 0 spiro atoms. The van der Waals surface area contributed by atoms with Gasteiger partial charge in [-0.25, -0.2) is 4.68 Å². The molecule has 4 heterocycles. The van der Waals surface area contributed by atoms with Gasteiger partial charge in [-0.1, -0.05) is 5.16 Å². The summed E-state index contributed by atoms with van der Waals surface area (Å²) in [6.45, 7) is 2.53. The van der Waals surface area contributed by atoms with Crippen LogP contribution >= 0.6 is 0 Å². The van der Waals surface area contributed by atoms with Crippen LogP contribution in [0.5, 0.6) is 0 Å². The molecule has 0 amide bonds. The van der Waals surface area contributed by atoms with Crippen molar-refractivity contribution in [1.29, 1.82) is 0 Å². The maximum atomic E-state index is 12.3. The largest absolute Gasteiger partial charge is 0.377 e. The highest BCUT2D eigenvalue weighted by atomic mass is 16.5. The second-order valence-corrected chi connectivity index (χ2v) is 5.74. The summed E-state index contributed by atoms with van der Waals surface area (Å²) in [4.78, 5) is 20.5. The van der Waals surface area contributed by atoms with E-state index in [0.29, 0.717) is 30.7 Å². The highest BCUT2D eigenvalue weighted by Crippen LogP contribution is 2.22. The van der Waals surface area contributed by atoms with Crippen LogP contribution in [-0.2, 0) is 4.74 Å². The molecule has 1 saturated heterocycles. The lowest BCUT2D eigenvalue weighted by Crippen LogP contribution is -2.37. The van der Waals surface area contributed by atoms with E-state index >= 15 is 0 Å². The summed E-state index contributed by atoms with van der Waals surface area (Å²) in [6, 6.07) is 6.73. The Kier molecular flexibility index (Phi) is 3.98. The van der Waals surface area contributed by atoms with E-state index in [1.54, 1.807) is 25.4 Å². The fourth-order valence-electron chi connectivity index (χ4n) is 2.78. The Balaban J connectivity index is 1.64. The molecule has 3 aromatic heterocycles. The molecule has 128 valence electrons. The fraction of sp³-hybridized carbons (Fsp3) is 0.312. The Morgan fingerprint density at radius 1 is 1.20 bits per heavy atom. The number of nitrogens with zero attached hydrogens (tertiary/aromatic N) is 5. The van der Waals surface area contributed by atoms with Gasteiger partial charge in [0.05, 0.1) is 24.9 Å². The third-order valence-corrected chi connectivity index (χ3v) is 4.00. The average Bonchev–Trinajstić information content (AvgIpc) is 3.25. The summed E-state index contributed by atoms with van der Waals surface area (Å²) < 4.78 is 12.1. The van der Waals surface area contributed by atoms with Crippen molar-refractivity contribution in [2.75, 3.05) is 18.5 Å². The van der Waals surface area contributed by atoms with Gasteiger partial charge in [-0.05, 0) is 25.1 Å². The topological polar surface area (TPSA) is 108 Å². The summed E-state index contributed by atoms with van der Waals surface area (Å²) in [5.74, 6) is 0.535. The molecule has 1 fully saturated rings. The van der Waals surface area contributed by atoms with Crippen LogP contribution < -0.4 is 10.9 Å². The SMILES string of the molecule is Cc1noc(NC2COCC2n2nc(-c3ccncc3)ccc2=O)n1. The van der Waals surface area contributed by atoms with E-state index in [4.69, 9.17) is 9.26 Å². The van der Waals surface area contributed by atoms with E-state index in [-0.39, 0.29) is 17.6 Å². The first-order chi connectivity index (χ1) is 12.2. The Bertz CT molecular complexity index is 923. The minimum Gasteiger partial charge on any atom is -0.377 e. The van der Waals surface area contributed by atoms with Crippen molar-refractivity contribution in [3.8, 4) is 11.3 Å². The van der Waals surface area contributed by atoms with E-state index in [0.717, 1.165) is 5.56 Å². The van der Waals surface area contributed by atoms with Crippen molar-refractivity contribution >= 4 is 6.01 Å². The van der Waals surface area contributed by atoms with Crippen molar-refractivity contribution in [2.45, 2.75) is 19.0 Å². The highest BCUT2D eigenvalue weighted by Gasteiger charge is 2.32. The summed E-state index contributed by atoms with van der Waals surface area (Å²) in [6.07, 6.45) is 3.38. The molecule has 2 atom stereocenters. The quantitative estimate of drug-likeness (QED) is 0.751. The maximum Gasteiger partial charge on any atom is 0.321 e. The van der Waals surface area contributed by atoms with Crippen molar-refractivity contribution in [3.05, 3.63) is 52.8 Å². The zero-order valence-corrected chi connectivity index (χ0v) is 13.5. The van der Waals surface area contributed by atoms with Gasteiger partial charge in [0.2, 0.25) is 0 Å². The van der Waals surface area contributed by atoms with Gasteiger partial charge in [0.25, 0.3) is 5.56 Å². The molecule has 3 aromatic rings. The Morgan fingerprint density at radius 2 is 2.04 bits per heavy atom. The number of rotatable bonds is 4. The van der Waals surface area contributed by atoms with Crippen molar-refractivity contribution < 1.29 is 9.26 Å². The molecule has 0 aromatic carbocycles. The van der Waals surface area contributed by atoms with Gasteiger partial charge in [-0.3, -0.25) is 9.78 Å². The normalized spacial score (nSPS) is 19.9. The lowest BCUT2D eigenvalue weighted by Gasteiger charge is -2.19. The molecule has 0 radical (unpaired) electrons. The standard InChI is InChI=1S/C16H16N6O3/c1-10-18-16(25-21-10)19-13-8-24-9-14(13)22-15(23)3-2-12(20-22)11-4-6-17-7-5-11/h2-7,13-14H,8-9H2,1H3,(H,18,19,21). The Labute approximate surface area is 142 Å². The molecular formula is C16H16N6O3. The summed E-state index contributed by atoms with van der Waals surface area (Å²) in [7, 11) is 0. The van der Waals surface area contributed by atoms with Gasteiger partial charge in [0.1, 0.15) is 6.04 Å². The van der Waals surface area contributed by atoms with E-state index in [1.807, 2.05) is 12.1 Å². The fourth-order valence-corrected chi connectivity index (χ4v) is 2.78. The van der Waals surface area contributed by atoms with E-state index < -0.39 is 0 Å². The number of anilines is 1. The van der Waals surface area contributed by atoms with Gasteiger partial charge in [0, 0.05) is 24.0 Å². The number of hydrogen-bond donors (Lipinski definition) is 1. The summed E-state index contributed by atoms with van der Waals surface area (Å²) in [5.41, 5.74) is 1.39. The van der Waals surface area contributed by atoms with Crippen LogP contribution in [0.15, 0.2) is 46.0 Å². The Hall–Kier alpha value is -3.07. The smallest absolute Gasteiger partial charge is 0.321 e. The van der Waals surface area contributed by atoms with Crippen LogP contribution in [0.2, 0.25) is 0 Å². The van der Waals surface area contributed by atoms with Gasteiger partial charge in [-0.15, -0.1) is 0 Å². The van der Waals surface area contributed by atoms with Gasteiger partial charge < -0.3 is 14.6 Å². The highest BCUT2D eigenvalue weighted by molar-refractivity contribution is 5.57. The number of hydrogen-bond acceptors (Lipinski definition) is 8. The number of aromatic nitrogens is 5. The number of pyridine rings is 1. The van der Waals surface area contributed by atoms with Crippen molar-refractivity contribution in [1.82, 2.24) is 24.9 Å². The van der Waals surface area contributed by atoms with E-state index in [1.165, 1.54) is 10.7 Å². The maximum absolute atomic E-state index is 12.3. The van der Waals surface area contributed by atoms with Gasteiger partial charge >= 0.3 is 6.01 Å². The van der Waals surface area contributed by atoms with Crippen LogP contribution in [0.25, 0.3) is 11.3 Å². The first-order valence-electron chi connectivity index (χ1n) is 7.85. The Morgan fingerprint density at radius 3 is 2.80 bits per heavy atom.